The first-order chi connectivity index (χ1) is 17.5. The largest absolute Gasteiger partial charge is 0.508 e. The van der Waals surface area contributed by atoms with Gasteiger partial charge in [-0.1, -0.05) is 48.8 Å². The summed E-state index contributed by atoms with van der Waals surface area (Å²) in [6, 6.07) is 21.2. The van der Waals surface area contributed by atoms with Crippen molar-refractivity contribution in [3.8, 4) is 17.0 Å². The van der Waals surface area contributed by atoms with Crippen molar-refractivity contribution in [3.63, 3.8) is 0 Å². The normalized spacial score (nSPS) is 11.9. The van der Waals surface area contributed by atoms with Crippen LogP contribution in [0.2, 0.25) is 0 Å². The van der Waals surface area contributed by atoms with Crippen LogP contribution in [0.5, 0.6) is 5.75 Å². The standard InChI is InChI=1S/C29H27BrN4O3/c1-17(19-6-5-7-21(14-19)31-28(37)29(2,3)4)33-34-27(36)24-16-26(18-8-11-22(35)12-9-18)32-25-13-10-20(30)15-23(24)25/h5-16,35H,1-4H3,(H,31,37)(H,34,36). The number of nitrogens with one attached hydrogen (secondary N) is 2. The predicted molar refractivity (Wildman–Crippen MR) is 151 cm³/mol. The lowest BCUT2D eigenvalue weighted by atomic mass is 9.95. The number of amides is 2. The van der Waals surface area contributed by atoms with Crippen molar-refractivity contribution in [1.82, 2.24) is 10.4 Å². The van der Waals surface area contributed by atoms with Gasteiger partial charge in [-0.05, 0) is 73.2 Å². The highest BCUT2D eigenvalue weighted by atomic mass is 79.9. The van der Waals surface area contributed by atoms with E-state index in [1.54, 1.807) is 37.3 Å². The molecule has 0 aliphatic rings. The summed E-state index contributed by atoms with van der Waals surface area (Å²) in [6.45, 7) is 7.34. The Labute approximate surface area is 223 Å². The maximum atomic E-state index is 13.3. The highest BCUT2D eigenvalue weighted by Crippen LogP contribution is 2.28. The van der Waals surface area contributed by atoms with E-state index in [0.717, 1.165) is 15.6 Å². The SMILES string of the molecule is CC(=NNC(=O)c1cc(-c2ccc(O)cc2)nc2ccc(Br)cc12)c1cccc(NC(=O)C(C)(C)C)c1. The molecule has 8 heteroatoms. The zero-order valence-electron chi connectivity index (χ0n) is 21.0. The van der Waals surface area contributed by atoms with Gasteiger partial charge in [0.15, 0.2) is 0 Å². The van der Waals surface area contributed by atoms with Crippen LogP contribution in [0.4, 0.5) is 5.69 Å². The third-order valence-electron chi connectivity index (χ3n) is 5.72. The van der Waals surface area contributed by atoms with Gasteiger partial charge in [-0.15, -0.1) is 0 Å². The number of hydrogen-bond donors (Lipinski definition) is 3. The van der Waals surface area contributed by atoms with Crippen molar-refractivity contribution in [3.05, 3.63) is 88.4 Å². The van der Waals surface area contributed by atoms with Crippen LogP contribution in [0.15, 0.2) is 82.4 Å². The van der Waals surface area contributed by atoms with Crippen molar-refractivity contribution in [2.24, 2.45) is 10.5 Å². The number of fused-ring (bicyclic) bond motifs is 1. The number of benzene rings is 3. The summed E-state index contributed by atoms with van der Waals surface area (Å²) in [5, 5.41) is 17.5. The molecule has 4 rings (SSSR count). The molecule has 2 amide bonds. The second kappa shape index (κ2) is 10.5. The minimum absolute atomic E-state index is 0.0901. The average molecular weight is 559 g/mol. The van der Waals surface area contributed by atoms with Gasteiger partial charge in [0, 0.05) is 26.5 Å². The first-order valence-electron chi connectivity index (χ1n) is 11.7. The highest BCUT2D eigenvalue weighted by molar-refractivity contribution is 9.10. The predicted octanol–water partition coefficient (Wildman–Crippen LogP) is 6.51. The molecule has 0 unspecified atom stereocenters. The number of nitrogens with zero attached hydrogens (tertiary/aromatic N) is 2. The van der Waals surface area contributed by atoms with Gasteiger partial charge in [0.05, 0.1) is 22.5 Å². The van der Waals surface area contributed by atoms with E-state index in [9.17, 15) is 14.7 Å². The van der Waals surface area contributed by atoms with Gasteiger partial charge in [-0.3, -0.25) is 9.59 Å². The molecule has 37 heavy (non-hydrogen) atoms. The maximum Gasteiger partial charge on any atom is 0.272 e. The number of halogens is 1. The number of hydrogen-bond acceptors (Lipinski definition) is 5. The monoisotopic (exact) mass is 558 g/mol. The zero-order chi connectivity index (χ0) is 26.7. The summed E-state index contributed by atoms with van der Waals surface area (Å²) in [5.74, 6) is -0.326. The lowest BCUT2D eigenvalue weighted by Crippen LogP contribution is -2.27. The molecule has 0 saturated carbocycles. The van der Waals surface area contributed by atoms with Crippen LogP contribution in [0.3, 0.4) is 0 Å². The topological polar surface area (TPSA) is 104 Å². The molecule has 0 spiro atoms. The summed E-state index contributed by atoms with van der Waals surface area (Å²) in [6.07, 6.45) is 0. The Hall–Kier alpha value is -4.04. The molecule has 0 bridgehead atoms. The van der Waals surface area contributed by atoms with Gasteiger partial charge < -0.3 is 10.4 Å². The second-order valence-corrected chi connectivity index (χ2v) is 10.6. The van der Waals surface area contributed by atoms with Gasteiger partial charge in [-0.2, -0.15) is 5.10 Å². The number of pyridine rings is 1. The number of rotatable bonds is 5. The molecule has 0 saturated heterocycles. The van der Waals surface area contributed by atoms with Crippen molar-refractivity contribution in [2.45, 2.75) is 27.7 Å². The molecule has 0 radical (unpaired) electrons. The zero-order valence-corrected chi connectivity index (χ0v) is 22.6. The molecule has 3 N–H and O–H groups in total. The van der Waals surface area contributed by atoms with E-state index in [0.29, 0.717) is 33.6 Å². The maximum absolute atomic E-state index is 13.3. The molecule has 1 aromatic heterocycles. The Kier molecular flexibility index (Phi) is 7.40. The molecule has 4 aromatic rings. The fraction of sp³-hybridized carbons (Fsp3) is 0.172. The molecular weight excluding hydrogens is 532 g/mol. The van der Waals surface area contributed by atoms with Crippen molar-refractivity contribution in [2.75, 3.05) is 5.32 Å². The summed E-state index contributed by atoms with van der Waals surface area (Å²) < 4.78 is 0.821. The number of phenols is 1. The van der Waals surface area contributed by atoms with E-state index in [1.165, 1.54) is 0 Å². The molecule has 0 aliphatic carbocycles. The second-order valence-electron chi connectivity index (χ2n) is 9.69. The van der Waals surface area contributed by atoms with Crippen LogP contribution in [0.25, 0.3) is 22.2 Å². The summed E-state index contributed by atoms with van der Waals surface area (Å²) in [4.78, 5) is 30.4. The van der Waals surface area contributed by atoms with Crippen LogP contribution >= 0.6 is 15.9 Å². The molecule has 7 nitrogen and oxygen atoms in total. The number of aromatic hydroxyl groups is 1. The summed E-state index contributed by atoms with van der Waals surface area (Å²) in [7, 11) is 0. The van der Waals surface area contributed by atoms with E-state index in [-0.39, 0.29) is 17.6 Å². The van der Waals surface area contributed by atoms with Gasteiger partial charge >= 0.3 is 0 Å². The first kappa shape index (κ1) is 26.0. The Balaban J connectivity index is 1.63. The highest BCUT2D eigenvalue weighted by Gasteiger charge is 2.21. The molecule has 3 aromatic carbocycles. The van der Waals surface area contributed by atoms with E-state index in [4.69, 9.17) is 4.98 Å². The fourth-order valence-electron chi connectivity index (χ4n) is 3.57. The molecule has 0 fully saturated rings. The summed E-state index contributed by atoms with van der Waals surface area (Å²) in [5.41, 5.74) is 6.58. The van der Waals surface area contributed by atoms with E-state index >= 15 is 0 Å². The smallest absolute Gasteiger partial charge is 0.272 e. The quantitative estimate of drug-likeness (QED) is 0.192. The van der Waals surface area contributed by atoms with Crippen LogP contribution in [0.1, 0.15) is 43.6 Å². The van der Waals surface area contributed by atoms with Crippen LogP contribution in [-0.2, 0) is 4.79 Å². The number of hydrazone groups is 1. The van der Waals surface area contributed by atoms with Gasteiger partial charge in [0.1, 0.15) is 5.75 Å². The van der Waals surface area contributed by atoms with Gasteiger partial charge in [0.2, 0.25) is 5.91 Å². The lowest BCUT2D eigenvalue weighted by Gasteiger charge is -2.18. The number of carbonyl (C=O) groups is 2. The van der Waals surface area contributed by atoms with E-state index in [1.807, 2.05) is 63.2 Å². The molecule has 0 aliphatic heterocycles. The fourth-order valence-corrected chi connectivity index (χ4v) is 3.93. The first-order valence-corrected chi connectivity index (χ1v) is 12.5. The average Bonchev–Trinajstić information content (AvgIpc) is 2.86. The third kappa shape index (κ3) is 6.21. The van der Waals surface area contributed by atoms with E-state index < -0.39 is 5.41 Å². The summed E-state index contributed by atoms with van der Waals surface area (Å²) >= 11 is 3.47. The molecule has 0 atom stereocenters. The third-order valence-corrected chi connectivity index (χ3v) is 6.22. The van der Waals surface area contributed by atoms with Crippen molar-refractivity contribution < 1.29 is 14.7 Å². The Bertz CT molecular complexity index is 1520. The molecule has 1 heterocycles. The van der Waals surface area contributed by atoms with Crippen molar-refractivity contribution in [1.29, 1.82) is 0 Å². The molecular formula is C29H27BrN4O3. The number of anilines is 1. The van der Waals surface area contributed by atoms with Crippen LogP contribution in [-0.4, -0.2) is 27.6 Å². The Morgan fingerprint density at radius 3 is 2.41 bits per heavy atom. The van der Waals surface area contributed by atoms with Crippen molar-refractivity contribution >= 4 is 50.0 Å². The number of aromatic nitrogens is 1. The van der Waals surface area contributed by atoms with Gasteiger partial charge in [0.25, 0.3) is 5.91 Å². The Morgan fingerprint density at radius 1 is 0.973 bits per heavy atom. The molecule has 188 valence electrons. The number of phenolic OH excluding ortho intramolecular Hbond substituents is 1. The minimum atomic E-state index is -0.519. The van der Waals surface area contributed by atoms with Crippen LogP contribution in [0, 0.1) is 5.41 Å². The minimum Gasteiger partial charge on any atom is -0.508 e. The van der Waals surface area contributed by atoms with E-state index in [2.05, 4.69) is 31.8 Å². The van der Waals surface area contributed by atoms with Gasteiger partial charge in [-0.25, -0.2) is 10.4 Å². The number of carbonyl (C=O) groups excluding carboxylic acids is 2. The van der Waals surface area contributed by atoms with Crippen LogP contribution < -0.4 is 10.7 Å². The lowest BCUT2D eigenvalue weighted by molar-refractivity contribution is -0.123. The Morgan fingerprint density at radius 2 is 1.70 bits per heavy atom.